The summed E-state index contributed by atoms with van der Waals surface area (Å²) in [4.78, 5) is 13.9. The third-order valence-electron chi connectivity index (χ3n) is 3.04. The fourth-order valence-electron chi connectivity index (χ4n) is 2.16. The van der Waals surface area contributed by atoms with E-state index in [9.17, 15) is 10.1 Å². The second kappa shape index (κ2) is 4.53. The number of rotatable bonds is 3. The Morgan fingerprint density at radius 1 is 1.16 bits per heavy atom. The Bertz CT molecular complexity index is 744. The zero-order valence-electron chi connectivity index (χ0n) is 10.1. The molecule has 0 aliphatic carbocycles. The SMILES string of the molecule is O=[N+]([O-])c1cn(Cc2cccc3ccccc23)cn1. The largest absolute Gasteiger partial charge is 0.381 e. The van der Waals surface area contributed by atoms with Crippen LogP contribution in [0.5, 0.6) is 0 Å². The van der Waals surface area contributed by atoms with Gasteiger partial charge in [0.2, 0.25) is 6.33 Å². The molecular formula is C14H11N3O2. The summed E-state index contributed by atoms with van der Waals surface area (Å²) in [6.45, 7) is 0.572. The van der Waals surface area contributed by atoms with Gasteiger partial charge in [0.1, 0.15) is 6.20 Å². The number of imidazole rings is 1. The van der Waals surface area contributed by atoms with Crippen LogP contribution in [0.4, 0.5) is 5.82 Å². The van der Waals surface area contributed by atoms with E-state index in [1.165, 1.54) is 12.5 Å². The van der Waals surface area contributed by atoms with Gasteiger partial charge in [-0.25, -0.2) is 0 Å². The van der Waals surface area contributed by atoms with Gasteiger partial charge in [0.05, 0.1) is 6.54 Å². The van der Waals surface area contributed by atoms with Crippen molar-refractivity contribution in [3.8, 4) is 0 Å². The predicted octanol–water partition coefficient (Wildman–Crippen LogP) is 2.99. The molecule has 19 heavy (non-hydrogen) atoms. The Morgan fingerprint density at radius 2 is 1.95 bits per heavy atom. The number of hydrogen-bond donors (Lipinski definition) is 0. The Morgan fingerprint density at radius 3 is 2.74 bits per heavy atom. The molecule has 0 amide bonds. The zero-order chi connectivity index (χ0) is 13.2. The van der Waals surface area contributed by atoms with Crippen molar-refractivity contribution in [2.45, 2.75) is 6.54 Å². The van der Waals surface area contributed by atoms with Crippen LogP contribution in [0.25, 0.3) is 10.8 Å². The average Bonchev–Trinajstić information content (AvgIpc) is 2.88. The van der Waals surface area contributed by atoms with Gasteiger partial charge in [-0.15, -0.1) is 0 Å². The van der Waals surface area contributed by atoms with Crippen LogP contribution in [0.3, 0.4) is 0 Å². The summed E-state index contributed by atoms with van der Waals surface area (Å²) in [5.41, 5.74) is 1.12. The molecule has 0 aliphatic rings. The topological polar surface area (TPSA) is 61.0 Å². The highest BCUT2D eigenvalue weighted by Crippen LogP contribution is 2.20. The lowest BCUT2D eigenvalue weighted by atomic mass is 10.0. The van der Waals surface area contributed by atoms with Crippen molar-refractivity contribution in [1.82, 2.24) is 9.55 Å². The molecule has 1 aromatic heterocycles. The Balaban J connectivity index is 1.98. The second-order valence-electron chi connectivity index (χ2n) is 4.30. The molecule has 0 unspecified atom stereocenters. The summed E-state index contributed by atoms with van der Waals surface area (Å²) < 4.78 is 1.72. The minimum absolute atomic E-state index is 0.125. The average molecular weight is 253 g/mol. The van der Waals surface area contributed by atoms with Gasteiger partial charge in [-0.2, -0.15) is 0 Å². The van der Waals surface area contributed by atoms with E-state index in [1.807, 2.05) is 24.3 Å². The molecule has 0 saturated heterocycles. The number of aromatic nitrogens is 2. The number of benzene rings is 2. The van der Waals surface area contributed by atoms with Crippen molar-refractivity contribution in [1.29, 1.82) is 0 Å². The number of hydrogen-bond acceptors (Lipinski definition) is 3. The predicted molar refractivity (Wildman–Crippen MR) is 71.9 cm³/mol. The van der Waals surface area contributed by atoms with Crippen molar-refractivity contribution >= 4 is 16.6 Å². The molecule has 1 heterocycles. The van der Waals surface area contributed by atoms with Gasteiger partial charge in [0, 0.05) is 0 Å². The summed E-state index contributed by atoms with van der Waals surface area (Å²) in [5, 5.41) is 12.9. The van der Waals surface area contributed by atoms with E-state index in [1.54, 1.807) is 4.57 Å². The lowest BCUT2D eigenvalue weighted by molar-refractivity contribution is -0.389. The summed E-state index contributed by atoms with van der Waals surface area (Å²) in [5.74, 6) is -0.125. The van der Waals surface area contributed by atoms with Gasteiger partial charge in [-0.3, -0.25) is 0 Å². The van der Waals surface area contributed by atoms with Gasteiger partial charge < -0.3 is 14.7 Å². The molecule has 94 valence electrons. The maximum atomic E-state index is 10.6. The van der Waals surface area contributed by atoms with Crippen LogP contribution in [0.15, 0.2) is 55.0 Å². The third-order valence-corrected chi connectivity index (χ3v) is 3.04. The molecular weight excluding hydrogens is 242 g/mol. The van der Waals surface area contributed by atoms with Gasteiger partial charge in [-0.1, -0.05) is 42.5 Å². The van der Waals surface area contributed by atoms with Crippen molar-refractivity contribution in [2.24, 2.45) is 0 Å². The smallest absolute Gasteiger partial charge is 0.358 e. The van der Waals surface area contributed by atoms with Gasteiger partial charge in [-0.05, 0) is 26.2 Å². The highest BCUT2D eigenvalue weighted by molar-refractivity contribution is 5.85. The zero-order valence-corrected chi connectivity index (χ0v) is 10.1. The van der Waals surface area contributed by atoms with Crippen LogP contribution in [0.1, 0.15) is 5.56 Å². The van der Waals surface area contributed by atoms with Gasteiger partial charge in [0.15, 0.2) is 0 Å². The molecule has 3 rings (SSSR count). The lowest BCUT2D eigenvalue weighted by Crippen LogP contribution is -1.97. The summed E-state index contributed by atoms with van der Waals surface area (Å²) in [6.07, 6.45) is 2.93. The van der Waals surface area contributed by atoms with E-state index >= 15 is 0 Å². The number of nitro groups is 1. The van der Waals surface area contributed by atoms with E-state index in [-0.39, 0.29) is 5.82 Å². The van der Waals surface area contributed by atoms with Crippen molar-refractivity contribution in [3.63, 3.8) is 0 Å². The summed E-state index contributed by atoms with van der Waals surface area (Å²) in [6, 6.07) is 14.1. The van der Waals surface area contributed by atoms with E-state index in [0.717, 1.165) is 16.3 Å². The number of nitrogens with zero attached hydrogens (tertiary/aromatic N) is 3. The normalized spacial score (nSPS) is 10.7. The van der Waals surface area contributed by atoms with E-state index in [2.05, 4.69) is 23.2 Å². The van der Waals surface area contributed by atoms with Crippen LogP contribution in [0.2, 0.25) is 0 Å². The molecule has 0 saturated carbocycles. The first-order valence-electron chi connectivity index (χ1n) is 5.87. The molecule has 0 spiro atoms. The highest BCUT2D eigenvalue weighted by atomic mass is 16.6. The van der Waals surface area contributed by atoms with Gasteiger partial charge in [0.25, 0.3) is 0 Å². The van der Waals surface area contributed by atoms with Crippen LogP contribution >= 0.6 is 0 Å². The van der Waals surface area contributed by atoms with Gasteiger partial charge >= 0.3 is 5.82 Å². The van der Waals surface area contributed by atoms with Crippen LogP contribution in [-0.4, -0.2) is 14.5 Å². The minimum Gasteiger partial charge on any atom is -0.358 e. The van der Waals surface area contributed by atoms with Crippen LogP contribution in [-0.2, 0) is 6.54 Å². The third kappa shape index (κ3) is 2.18. The first-order valence-corrected chi connectivity index (χ1v) is 5.87. The fraction of sp³-hybridized carbons (Fsp3) is 0.0714. The van der Waals surface area contributed by atoms with Crippen molar-refractivity contribution < 1.29 is 4.92 Å². The molecule has 3 aromatic rings. The molecule has 0 aliphatic heterocycles. The molecule has 0 radical (unpaired) electrons. The molecule has 0 bridgehead atoms. The molecule has 5 heteroatoms. The molecule has 0 atom stereocenters. The first-order chi connectivity index (χ1) is 9.24. The number of fused-ring (bicyclic) bond motifs is 1. The minimum atomic E-state index is -0.487. The Hall–Kier alpha value is -2.69. The lowest BCUT2D eigenvalue weighted by Gasteiger charge is -2.06. The molecule has 0 fully saturated rings. The highest BCUT2D eigenvalue weighted by Gasteiger charge is 2.10. The molecule has 2 aromatic carbocycles. The molecule has 0 N–H and O–H groups in total. The van der Waals surface area contributed by atoms with Crippen LogP contribution in [0, 0.1) is 10.1 Å². The van der Waals surface area contributed by atoms with E-state index < -0.39 is 4.92 Å². The Labute approximate surface area is 109 Å². The van der Waals surface area contributed by atoms with Crippen LogP contribution < -0.4 is 0 Å². The molecule has 5 nitrogen and oxygen atoms in total. The maximum absolute atomic E-state index is 10.6. The first kappa shape index (κ1) is 11.4. The van der Waals surface area contributed by atoms with E-state index in [0.29, 0.717) is 6.54 Å². The summed E-state index contributed by atoms with van der Waals surface area (Å²) >= 11 is 0. The fourth-order valence-corrected chi connectivity index (χ4v) is 2.16. The maximum Gasteiger partial charge on any atom is 0.381 e. The quantitative estimate of drug-likeness (QED) is 0.532. The van der Waals surface area contributed by atoms with Crippen molar-refractivity contribution in [3.05, 3.63) is 70.7 Å². The monoisotopic (exact) mass is 253 g/mol. The van der Waals surface area contributed by atoms with Crippen molar-refractivity contribution in [2.75, 3.05) is 0 Å². The summed E-state index contributed by atoms with van der Waals surface area (Å²) in [7, 11) is 0. The Kier molecular flexibility index (Phi) is 2.72. The standard InChI is InChI=1S/C14H11N3O2/c18-17(19)14-9-16(10-15-14)8-12-6-3-5-11-4-1-2-7-13(11)12/h1-7,9-10H,8H2. The second-order valence-corrected chi connectivity index (χ2v) is 4.30. The van der Waals surface area contributed by atoms with E-state index in [4.69, 9.17) is 0 Å².